The van der Waals surface area contributed by atoms with E-state index < -0.39 is 31.4 Å². The summed E-state index contributed by atoms with van der Waals surface area (Å²) in [7, 11) is -2.52. The van der Waals surface area contributed by atoms with Crippen molar-refractivity contribution in [1.29, 1.82) is 0 Å². The summed E-state index contributed by atoms with van der Waals surface area (Å²) in [5.74, 6) is 0. The van der Waals surface area contributed by atoms with Gasteiger partial charge in [-0.1, -0.05) is 210 Å². The third-order valence-electron chi connectivity index (χ3n) is 10.9. The maximum Gasteiger partial charge on any atom is 3.00 e. The van der Waals surface area contributed by atoms with Crippen LogP contribution in [0, 0.1) is 92.9 Å². The zero-order chi connectivity index (χ0) is 65.1. The second-order valence-corrected chi connectivity index (χ2v) is 25.5. The van der Waals surface area contributed by atoms with E-state index in [0.717, 1.165) is 90.6 Å². The number of halogens is 12. The number of aryl methyl sites for hydroxylation is 12. The Morgan fingerprint density at radius 1 is 0.314 bits per heavy atom. The van der Waals surface area contributed by atoms with Crippen molar-refractivity contribution >= 4 is 153 Å². The molecule has 4 radical (unpaired) electrons. The maximum atomic E-state index is 10.3. The Bertz CT molecular complexity index is 2560. The molecule has 0 unspecified atom stereocenters. The molecule has 0 bridgehead atoms. The first-order valence-electron chi connectivity index (χ1n) is 24.4. The molecule has 472 valence electrons. The number of nitroso groups, excluding NO2 is 2. The van der Waals surface area contributed by atoms with E-state index in [9.17, 15) is 20.4 Å². The van der Waals surface area contributed by atoms with E-state index in [2.05, 4.69) is 105 Å². The van der Waals surface area contributed by atoms with Gasteiger partial charge in [0.2, 0.25) is 0 Å². The molecule has 0 aliphatic rings. The van der Waals surface area contributed by atoms with E-state index in [1.54, 1.807) is 48.5 Å². The van der Waals surface area contributed by atoms with E-state index >= 15 is 0 Å². The molecule has 6 heterocycles. The minimum Gasteiger partial charge on any atom is -0.851 e. The van der Waals surface area contributed by atoms with E-state index in [4.69, 9.17) is 191 Å². The summed E-state index contributed by atoms with van der Waals surface area (Å²) < 4.78 is 9.38. The molecule has 6 aromatic heterocycles. The van der Waals surface area contributed by atoms with Gasteiger partial charge in [0.1, 0.15) is 11.2 Å². The van der Waals surface area contributed by atoms with Crippen molar-refractivity contribution < 1.29 is 62.6 Å². The minimum absolute atomic E-state index is 0. The van der Waals surface area contributed by atoms with Gasteiger partial charge in [-0.25, -0.2) is 30.6 Å². The van der Waals surface area contributed by atoms with Crippen LogP contribution in [-0.4, -0.2) is 89.6 Å². The van der Waals surface area contributed by atoms with Crippen LogP contribution in [0.3, 0.4) is 0 Å². The van der Waals surface area contributed by atoms with E-state index in [1.807, 2.05) is 41.5 Å². The van der Waals surface area contributed by atoms with Crippen LogP contribution in [0.2, 0.25) is 0 Å². The van der Waals surface area contributed by atoms with Crippen molar-refractivity contribution in [2.45, 2.75) is 127 Å². The fourth-order valence-corrected chi connectivity index (χ4v) is 7.99. The van der Waals surface area contributed by atoms with Crippen molar-refractivity contribution in [3.05, 3.63) is 185 Å². The molecule has 0 N–H and O–H groups in total. The van der Waals surface area contributed by atoms with Crippen molar-refractivity contribution in [3.8, 4) is 0 Å². The first-order valence-corrected chi connectivity index (χ1v) is 29.7. The molecule has 0 amide bonds. The number of rotatable bonds is 10. The van der Waals surface area contributed by atoms with E-state index in [1.165, 1.54) is 0 Å². The Morgan fingerprint density at radius 3 is 0.488 bits per heavy atom. The number of alkyl halides is 12. The van der Waals surface area contributed by atoms with Gasteiger partial charge < -0.3 is 48.0 Å². The molecule has 0 aliphatic carbocycles. The Labute approximate surface area is 591 Å². The Kier molecular flexibility index (Phi) is 51.8. The second-order valence-electron chi connectivity index (χ2n) is 17.6. The predicted molar refractivity (Wildman–Crippen MR) is 341 cm³/mol. The summed E-state index contributed by atoms with van der Waals surface area (Å²) >= 11 is 57.7. The number of benzene rings is 2. The smallest absolute Gasteiger partial charge is 0.851 e. The van der Waals surface area contributed by atoms with Gasteiger partial charge in [-0.2, -0.15) is 0 Å². The number of hydrogen-bond acceptors (Lipinski definition) is 12. The van der Waals surface area contributed by atoms with Gasteiger partial charge >= 0.3 is 56.4 Å². The van der Waals surface area contributed by atoms with Crippen LogP contribution in [0.25, 0.3) is 0 Å². The molecule has 0 spiro atoms. The topological polar surface area (TPSA) is 278 Å². The molecule has 8 rings (SSSR count). The van der Waals surface area contributed by atoms with Crippen LogP contribution < -0.4 is 31.6 Å². The van der Waals surface area contributed by atoms with Crippen LogP contribution in [0.15, 0.2) is 84.9 Å². The third kappa shape index (κ3) is 35.9. The number of hydrogen-bond donors (Lipinski definition) is 0. The van der Waals surface area contributed by atoms with Crippen molar-refractivity contribution in [2.24, 2.45) is 0 Å². The van der Waals surface area contributed by atoms with Crippen molar-refractivity contribution in [1.82, 2.24) is 69.3 Å². The normalized spacial score (nSPS) is 9.98. The zero-order valence-corrected chi connectivity index (χ0v) is 61.8. The molecule has 0 fully saturated rings. The predicted octanol–water partition coefficient (Wildman–Crippen LogP) is 9.44. The van der Waals surface area contributed by atoms with E-state index in [0.29, 0.717) is 0 Å². The molecule has 20 nitrogen and oxygen atoms in total. The first kappa shape index (κ1) is 90.1. The summed E-state index contributed by atoms with van der Waals surface area (Å²) in [4.78, 5) is 14.5. The van der Waals surface area contributed by atoms with Crippen molar-refractivity contribution in [3.63, 3.8) is 0 Å². The molecule has 36 heteroatoms. The number of nitrogens with zero attached hydrogens (tertiary/aromatic N) is 14. The Hall–Kier alpha value is -2.27. The third-order valence-corrected chi connectivity index (χ3v) is 10.9. The van der Waals surface area contributed by atoms with E-state index in [-0.39, 0.29) is 68.6 Å². The van der Waals surface area contributed by atoms with Crippen LogP contribution in [-0.2, 0) is 68.6 Å². The number of aromatic nitrogens is 12. The molecular formula is C50H64B2Cl12Mo2N14O6. The fourth-order valence-electron chi connectivity index (χ4n) is 7.99. The summed E-state index contributed by atoms with van der Waals surface area (Å²) in [6, 6.07) is 26.1. The molecule has 0 atom stereocenters. The molecule has 0 saturated heterocycles. The average Bonchev–Trinajstić information content (AvgIpc) is 2.88. The molecule has 86 heavy (non-hydrogen) atoms. The largest absolute Gasteiger partial charge is 3.00 e. The molecule has 2 aromatic carbocycles. The molecule has 0 aliphatic heterocycles. The SMILES string of the molecule is Cc1cc(C)n([BH-](n2nc(C)cc2C)n2nc(C)cc2C)n1.Cc1cc(C)n([BH-](n2nc(C)cc2C)n2nc(C)cc2C)n1.ClC(Cl)Cl.ClC(Cl)Cl.ClC(Cl)Cl.ClC(Cl)Cl.[Mo+3].[Mo+3].[N]=O.[N]=O.[O-]Cc1ccc(C[O-])cc1.[O-]Cc1ccc(C[O-])cc1. The van der Waals surface area contributed by atoms with Gasteiger partial charge in [-0.05, 0) is 154 Å². The van der Waals surface area contributed by atoms with Gasteiger partial charge in [0, 0.05) is 0 Å². The monoisotopic (exact) mass is 1590 g/mol. The van der Waals surface area contributed by atoms with Crippen LogP contribution in [0.4, 0.5) is 0 Å². The average molecular weight is 1600 g/mol. The minimum atomic E-state index is -1.26. The summed E-state index contributed by atoms with van der Waals surface area (Å²) in [5, 5.41) is 69.2. The van der Waals surface area contributed by atoms with Gasteiger partial charge in [0.15, 0.2) is 17.2 Å². The Morgan fingerprint density at radius 2 is 0.419 bits per heavy atom. The summed E-state index contributed by atoms with van der Waals surface area (Å²) in [6.45, 7) is 23.7. The molecule has 0 saturated carbocycles. The maximum absolute atomic E-state index is 10.3. The van der Waals surface area contributed by atoms with Gasteiger partial charge in [0.25, 0.3) is 0 Å². The Balaban J connectivity index is -0.000000485. The van der Waals surface area contributed by atoms with Crippen LogP contribution >= 0.6 is 139 Å². The van der Waals surface area contributed by atoms with Crippen LogP contribution in [0.5, 0.6) is 0 Å². The zero-order valence-electron chi connectivity index (χ0n) is 48.7. The first-order chi connectivity index (χ1) is 39.4. The van der Waals surface area contributed by atoms with Gasteiger partial charge in [-0.3, -0.25) is 0 Å². The van der Waals surface area contributed by atoms with Gasteiger partial charge in [-0.15, -0.1) is 36.2 Å². The quantitative estimate of drug-likeness (QED) is 0.0914. The summed E-state index contributed by atoms with van der Waals surface area (Å²) in [5.41, 5.74) is 27.2. The molecular weight excluding hydrogens is 1530 g/mol. The fraction of sp³-hybridized carbons (Fsp3) is 0.400. The van der Waals surface area contributed by atoms with Gasteiger partial charge in [0.05, 0.1) is 34.2 Å². The second kappa shape index (κ2) is 49.4. The van der Waals surface area contributed by atoms with Crippen LogP contribution in [0.1, 0.15) is 90.6 Å². The standard InChI is InChI=1S/2C15H22BN6.2C8H8O2.4CHCl3.2Mo.2NO/c2*1-10-7-13(4)20(17-10)16(21-14(5)8-11(2)18-21)22-15(6)9-12(3)19-22;2*9-5-7-1-2-8(6-10)4-3-7;4*2-1(3)4;;;2*1-2/h2*7-9,16H,1-6H3;2*1-4H,5-6H2;4*1H;;;;/q2*-1;2*-2;;;;;2*+3;;. The van der Waals surface area contributed by atoms with Crippen molar-refractivity contribution in [2.75, 3.05) is 0 Å². The summed E-state index contributed by atoms with van der Waals surface area (Å²) in [6.07, 6.45) is 0. The molecule has 8 aromatic rings.